The number of aromatic nitrogens is 1. The minimum atomic E-state index is -0.147. The number of halogens is 1. The highest BCUT2D eigenvalue weighted by Gasteiger charge is 2.47. The fourth-order valence-corrected chi connectivity index (χ4v) is 9.96. The van der Waals surface area contributed by atoms with E-state index >= 15 is 0 Å². The standard InChI is InChI=1S/C46H36BClN2O/c1-25-20-36-42-37(21-25)50-43-30(41-44(50)28-12-7-9-14-31(28)46(41,5)6)22-26(45(2,3)4)23-33(43)47(42)32-19-18-27(48)24-35(32)49(36)34-15-11-17-39-40(34)29-13-8-10-16-38(29)51-39/h7-24H,1-6H3. The number of hydrogen-bond donors (Lipinski definition) is 0. The van der Waals surface area contributed by atoms with E-state index in [0.717, 1.165) is 38.3 Å². The Morgan fingerprint density at radius 2 is 1.47 bits per heavy atom. The van der Waals surface area contributed by atoms with Crippen molar-refractivity contribution in [3.05, 3.63) is 136 Å². The molecule has 0 N–H and O–H groups in total. The number of benzene rings is 6. The first-order chi connectivity index (χ1) is 24.5. The van der Waals surface area contributed by atoms with Gasteiger partial charge in [0.1, 0.15) is 11.2 Å². The zero-order chi connectivity index (χ0) is 34.7. The lowest BCUT2D eigenvalue weighted by Gasteiger charge is -2.41. The number of para-hydroxylation sites is 1. The fraction of sp³-hybridized carbons (Fsp3) is 0.174. The summed E-state index contributed by atoms with van der Waals surface area (Å²) in [6.07, 6.45) is 0. The lowest BCUT2D eigenvalue weighted by atomic mass is 9.33. The van der Waals surface area contributed by atoms with Crippen molar-refractivity contribution in [1.82, 2.24) is 4.57 Å². The van der Waals surface area contributed by atoms with Gasteiger partial charge in [0, 0.05) is 49.4 Å². The Bertz CT molecular complexity index is 2870. The molecule has 0 unspecified atom stereocenters. The van der Waals surface area contributed by atoms with Crippen LogP contribution in [-0.4, -0.2) is 11.3 Å². The highest BCUT2D eigenvalue weighted by Crippen LogP contribution is 2.55. The van der Waals surface area contributed by atoms with Crippen molar-refractivity contribution in [3.8, 4) is 16.9 Å². The van der Waals surface area contributed by atoms with Crippen LogP contribution in [0.25, 0.3) is 49.8 Å². The molecule has 4 heterocycles. The summed E-state index contributed by atoms with van der Waals surface area (Å²) in [7, 11) is 0. The summed E-state index contributed by atoms with van der Waals surface area (Å²) in [5.74, 6) is 0. The van der Waals surface area contributed by atoms with Crippen LogP contribution in [0.3, 0.4) is 0 Å². The molecule has 0 spiro atoms. The second-order valence-electron chi connectivity index (χ2n) is 16.4. The minimum Gasteiger partial charge on any atom is -0.456 e. The van der Waals surface area contributed by atoms with Crippen molar-refractivity contribution < 1.29 is 4.42 Å². The molecule has 11 rings (SSSR count). The van der Waals surface area contributed by atoms with Crippen molar-refractivity contribution in [3.63, 3.8) is 0 Å². The van der Waals surface area contributed by atoms with E-state index in [9.17, 15) is 0 Å². The lowest BCUT2D eigenvalue weighted by Crippen LogP contribution is -2.60. The van der Waals surface area contributed by atoms with Crippen LogP contribution < -0.4 is 21.3 Å². The molecule has 0 radical (unpaired) electrons. The van der Waals surface area contributed by atoms with Crippen LogP contribution in [0.4, 0.5) is 17.1 Å². The molecule has 0 fully saturated rings. The summed E-state index contributed by atoms with van der Waals surface area (Å²) in [6.45, 7) is 14.1. The first-order valence-corrected chi connectivity index (χ1v) is 18.4. The number of fused-ring (bicyclic) bond motifs is 12. The molecule has 6 aromatic carbocycles. The van der Waals surface area contributed by atoms with Gasteiger partial charge in [-0.3, -0.25) is 0 Å². The van der Waals surface area contributed by atoms with E-state index < -0.39 is 0 Å². The Balaban J connectivity index is 1.33. The Morgan fingerprint density at radius 1 is 0.706 bits per heavy atom. The first-order valence-electron chi connectivity index (χ1n) is 18.0. The molecular formula is C46H36BClN2O. The average molecular weight is 679 g/mol. The number of furan rings is 1. The van der Waals surface area contributed by atoms with Crippen LogP contribution in [0, 0.1) is 6.92 Å². The van der Waals surface area contributed by atoms with Gasteiger partial charge in [-0.15, -0.1) is 0 Å². The van der Waals surface area contributed by atoms with Crippen LogP contribution >= 0.6 is 11.6 Å². The molecule has 0 atom stereocenters. The highest BCUT2D eigenvalue weighted by atomic mass is 35.5. The Labute approximate surface area is 303 Å². The van der Waals surface area contributed by atoms with Crippen LogP contribution in [0.5, 0.6) is 0 Å². The molecule has 8 aromatic rings. The third-order valence-corrected chi connectivity index (χ3v) is 12.2. The minimum absolute atomic E-state index is 0.0325. The van der Waals surface area contributed by atoms with Gasteiger partial charge in [0.25, 0.3) is 6.71 Å². The summed E-state index contributed by atoms with van der Waals surface area (Å²) >= 11 is 6.94. The molecule has 2 aromatic heterocycles. The van der Waals surface area contributed by atoms with Gasteiger partial charge in [-0.1, -0.05) is 107 Å². The van der Waals surface area contributed by atoms with Crippen molar-refractivity contribution in [2.24, 2.45) is 0 Å². The van der Waals surface area contributed by atoms with Crippen LogP contribution in [-0.2, 0) is 10.8 Å². The predicted octanol–water partition coefficient (Wildman–Crippen LogP) is 10.7. The molecule has 1 aliphatic carbocycles. The molecule has 3 nitrogen and oxygen atoms in total. The molecule has 246 valence electrons. The van der Waals surface area contributed by atoms with Gasteiger partial charge in [-0.25, -0.2) is 0 Å². The van der Waals surface area contributed by atoms with Gasteiger partial charge >= 0.3 is 0 Å². The molecular weight excluding hydrogens is 643 g/mol. The normalized spacial score (nSPS) is 15.0. The van der Waals surface area contributed by atoms with Crippen molar-refractivity contribution in [2.75, 3.05) is 4.90 Å². The van der Waals surface area contributed by atoms with Gasteiger partial charge in [0.15, 0.2) is 0 Å². The van der Waals surface area contributed by atoms with E-state index in [1.165, 1.54) is 72.2 Å². The summed E-state index contributed by atoms with van der Waals surface area (Å²) in [6, 6.07) is 40.2. The van der Waals surface area contributed by atoms with E-state index in [2.05, 4.69) is 154 Å². The first kappa shape index (κ1) is 29.5. The van der Waals surface area contributed by atoms with Gasteiger partial charge in [-0.05, 0) is 99.5 Å². The zero-order valence-electron chi connectivity index (χ0n) is 29.7. The van der Waals surface area contributed by atoms with Gasteiger partial charge < -0.3 is 13.9 Å². The molecule has 5 heteroatoms. The SMILES string of the molecule is Cc1cc2c3c(c1)-n1c4c(c5cc(C(C)(C)C)cc(c51)B3c1ccc(Cl)cc1N2c1cccc2oc3ccccc3c12)C(C)(C)c1ccccc1-4. The largest absolute Gasteiger partial charge is 0.456 e. The van der Waals surface area contributed by atoms with Crippen LogP contribution in [0.2, 0.25) is 5.02 Å². The maximum Gasteiger partial charge on any atom is 0.252 e. The molecule has 3 aliphatic rings. The predicted molar refractivity (Wildman–Crippen MR) is 216 cm³/mol. The van der Waals surface area contributed by atoms with E-state index in [0.29, 0.717) is 0 Å². The molecule has 0 amide bonds. The van der Waals surface area contributed by atoms with Gasteiger partial charge in [0.05, 0.1) is 16.8 Å². The number of rotatable bonds is 1. The van der Waals surface area contributed by atoms with Crippen molar-refractivity contribution in [1.29, 1.82) is 0 Å². The topological polar surface area (TPSA) is 21.3 Å². The second kappa shape index (κ2) is 9.57. The number of anilines is 3. The Kier molecular flexibility index (Phi) is 5.54. The average Bonchev–Trinajstić information content (AvgIpc) is 3.73. The third kappa shape index (κ3) is 3.66. The summed E-state index contributed by atoms with van der Waals surface area (Å²) in [5, 5.41) is 4.32. The maximum atomic E-state index is 6.94. The van der Waals surface area contributed by atoms with E-state index in [4.69, 9.17) is 16.0 Å². The summed E-state index contributed by atoms with van der Waals surface area (Å²) in [5.41, 5.74) is 19.6. The Morgan fingerprint density at radius 3 is 2.31 bits per heavy atom. The highest BCUT2D eigenvalue weighted by molar-refractivity contribution is 7.00. The van der Waals surface area contributed by atoms with E-state index in [-0.39, 0.29) is 17.5 Å². The molecule has 2 aliphatic heterocycles. The number of aryl methyl sites for hydroxylation is 1. The maximum absolute atomic E-state index is 6.94. The summed E-state index contributed by atoms with van der Waals surface area (Å²) in [4.78, 5) is 2.46. The molecule has 0 saturated carbocycles. The third-order valence-electron chi connectivity index (χ3n) is 12.0. The van der Waals surface area contributed by atoms with Gasteiger partial charge in [-0.2, -0.15) is 0 Å². The number of hydrogen-bond acceptors (Lipinski definition) is 2. The monoisotopic (exact) mass is 678 g/mol. The molecule has 0 saturated heterocycles. The lowest BCUT2D eigenvalue weighted by molar-refractivity contribution is 0.591. The quantitative estimate of drug-likeness (QED) is 0.161. The fourth-order valence-electron chi connectivity index (χ4n) is 9.79. The molecule has 51 heavy (non-hydrogen) atoms. The Hall–Kier alpha value is -5.19. The summed E-state index contributed by atoms with van der Waals surface area (Å²) < 4.78 is 9.08. The number of nitrogens with zero attached hydrogens (tertiary/aromatic N) is 2. The van der Waals surface area contributed by atoms with E-state index in [1.807, 2.05) is 6.07 Å². The van der Waals surface area contributed by atoms with Crippen LogP contribution in [0.15, 0.2) is 114 Å². The van der Waals surface area contributed by atoms with Crippen molar-refractivity contribution in [2.45, 2.75) is 52.4 Å². The smallest absolute Gasteiger partial charge is 0.252 e. The van der Waals surface area contributed by atoms with Crippen LogP contribution in [0.1, 0.15) is 56.9 Å². The van der Waals surface area contributed by atoms with Gasteiger partial charge in [0.2, 0.25) is 0 Å². The molecule has 0 bridgehead atoms. The van der Waals surface area contributed by atoms with E-state index in [1.54, 1.807) is 0 Å². The second-order valence-corrected chi connectivity index (χ2v) is 16.8. The van der Waals surface area contributed by atoms with Crippen molar-refractivity contribution >= 4 is 84.6 Å². The zero-order valence-corrected chi connectivity index (χ0v) is 30.4.